The number of esters is 1. The van der Waals surface area contributed by atoms with Crippen LogP contribution in [0.2, 0.25) is 0 Å². The number of ether oxygens (including phenoxy) is 2. The molecule has 43 heavy (non-hydrogen) atoms. The third-order valence-corrected chi connectivity index (χ3v) is 7.16. The van der Waals surface area contributed by atoms with Crippen molar-refractivity contribution < 1.29 is 19.1 Å². The SMILES string of the molecule is COC(=O)c1cc(-c2cccc(C(C)(C)C)c2)ccc1NC(C#N)[C@H](Cc1c[nH]c2ccccc12)NC(=O)OC(C)(C)C. The van der Waals surface area contributed by atoms with Crippen LogP contribution in [0.5, 0.6) is 0 Å². The van der Waals surface area contributed by atoms with E-state index in [1.807, 2.05) is 48.7 Å². The lowest BCUT2D eigenvalue weighted by Gasteiger charge is -2.27. The van der Waals surface area contributed by atoms with Crippen molar-refractivity contribution >= 4 is 28.7 Å². The van der Waals surface area contributed by atoms with Crippen molar-refractivity contribution in [2.75, 3.05) is 12.4 Å². The molecule has 1 aromatic heterocycles. The van der Waals surface area contributed by atoms with Gasteiger partial charge >= 0.3 is 12.1 Å². The molecule has 224 valence electrons. The fraction of sp³-hybridized carbons (Fsp3) is 0.343. The maximum Gasteiger partial charge on any atom is 0.407 e. The summed E-state index contributed by atoms with van der Waals surface area (Å²) < 4.78 is 10.6. The molecule has 3 N–H and O–H groups in total. The smallest absolute Gasteiger partial charge is 0.407 e. The maximum atomic E-state index is 13.0. The number of aromatic amines is 1. The van der Waals surface area contributed by atoms with E-state index in [1.165, 1.54) is 12.7 Å². The number of alkyl carbamates (subject to hydrolysis) is 1. The first-order valence-electron chi connectivity index (χ1n) is 14.3. The molecule has 3 aromatic carbocycles. The Balaban J connectivity index is 1.70. The molecule has 0 aliphatic rings. The van der Waals surface area contributed by atoms with E-state index >= 15 is 0 Å². The second-order valence-corrected chi connectivity index (χ2v) is 12.7. The first-order valence-corrected chi connectivity index (χ1v) is 14.3. The first-order chi connectivity index (χ1) is 20.3. The number of benzene rings is 3. The van der Waals surface area contributed by atoms with Gasteiger partial charge in [-0.1, -0.05) is 69.3 Å². The summed E-state index contributed by atoms with van der Waals surface area (Å²) in [5.41, 5.74) is 4.80. The number of aromatic nitrogens is 1. The van der Waals surface area contributed by atoms with E-state index in [-0.39, 0.29) is 11.0 Å². The lowest BCUT2D eigenvalue weighted by Crippen LogP contribution is -2.49. The zero-order valence-corrected chi connectivity index (χ0v) is 25.9. The number of para-hydroxylation sites is 1. The summed E-state index contributed by atoms with van der Waals surface area (Å²) in [6, 6.07) is 22.2. The van der Waals surface area contributed by atoms with Crippen LogP contribution in [-0.4, -0.2) is 41.8 Å². The van der Waals surface area contributed by atoms with Crippen LogP contribution in [0.4, 0.5) is 10.5 Å². The number of H-pyrrole nitrogens is 1. The first kappa shape index (κ1) is 31.2. The van der Waals surface area contributed by atoms with Gasteiger partial charge in [0, 0.05) is 22.8 Å². The van der Waals surface area contributed by atoms with Crippen molar-refractivity contribution in [3.8, 4) is 17.2 Å². The number of nitrogens with one attached hydrogen (secondary N) is 3. The van der Waals surface area contributed by atoms with E-state index in [0.717, 1.165) is 27.6 Å². The Morgan fingerprint density at radius 2 is 1.67 bits per heavy atom. The number of hydrogen-bond donors (Lipinski definition) is 3. The van der Waals surface area contributed by atoms with Gasteiger partial charge in [0.05, 0.1) is 24.8 Å². The Kier molecular flexibility index (Phi) is 9.15. The molecular formula is C35H40N4O4. The van der Waals surface area contributed by atoms with Crippen molar-refractivity contribution in [2.45, 2.75) is 71.1 Å². The molecule has 1 unspecified atom stereocenters. The van der Waals surface area contributed by atoms with Gasteiger partial charge in [-0.05, 0) is 73.1 Å². The number of nitriles is 1. The molecule has 4 aromatic rings. The molecule has 0 saturated heterocycles. The van der Waals surface area contributed by atoms with Crippen LogP contribution in [0.25, 0.3) is 22.0 Å². The third-order valence-electron chi connectivity index (χ3n) is 7.16. The average molecular weight is 581 g/mol. The number of nitrogens with zero attached hydrogens (tertiary/aromatic N) is 1. The Bertz CT molecular complexity index is 1650. The summed E-state index contributed by atoms with van der Waals surface area (Å²) >= 11 is 0. The minimum atomic E-state index is -0.917. The van der Waals surface area contributed by atoms with Gasteiger partial charge in [0.1, 0.15) is 11.6 Å². The standard InChI is InChI=1S/C35H40N4O4/c1-34(2,3)25-12-10-11-22(17-25)23-15-16-29(27(18-23)32(40)42-7)38-31(20-36)30(39-33(41)43-35(4,5)6)19-24-21-37-28-14-9-8-13-26(24)28/h8-18,21,30-31,37-38H,19H2,1-7H3,(H,39,41)/t30-,31?/m0/s1. The molecule has 2 atom stereocenters. The van der Waals surface area contributed by atoms with Crippen molar-refractivity contribution in [2.24, 2.45) is 0 Å². The van der Waals surface area contributed by atoms with Crippen molar-refractivity contribution in [1.29, 1.82) is 5.26 Å². The van der Waals surface area contributed by atoms with Gasteiger partial charge in [0.25, 0.3) is 0 Å². The molecule has 0 aliphatic carbocycles. The summed E-state index contributed by atoms with van der Waals surface area (Å²) in [5, 5.41) is 17.4. The van der Waals surface area contributed by atoms with Gasteiger partial charge in [-0.2, -0.15) is 5.26 Å². The van der Waals surface area contributed by atoms with Gasteiger partial charge in [0.2, 0.25) is 0 Å². The highest BCUT2D eigenvalue weighted by molar-refractivity contribution is 5.97. The number of hydrogen-bond acceptors (Lipinski definition) is 6. The number of carbonyl (C=O) groups is 2. The number of methoxy groups -OCH3 is 1. The molecule has 1 heterocycles. The van der Waals surface area contributed by atoms with Gasteiger partial charge in [0.15, 0.2) is 0 Å². The van der Waals surface area contributed by atoms with Crippen LogP contribution in [0, 0.1) is 11.3 Å². The fourth-order valence-electron chi connectivity index (χ4n) is 4.93. The van der Waals surface area contributed by atoms with Crippen molar-refractivity contribution in [3.63, 3.8) is 0 Å². The van der Waals surface area contributed by atoms with Crippen LogP contribution in [0.15, 0.2) is 72.9 Å². The highest BCUT2D eigenvalue weighted by Gasteiger charge is 2.29. The normalized spacial score (nSPS) is 13.1. The zero-order chi connectivity index (χ0) is 31.4. The van der Waals surface area contributed by atoms with E-state index in [9.17, 15) is 14.9 Å². The largest absolute Gasteiger partial charge is 0.465 e. The number of rotatable bonds is 8. The van der Waals surface area contributed by atoms with Crippen LogP contribution in [0.1, 0.15) is 63.0 Å². The highest BCUT2D eigenvalue weighted by Crippen LogP contribution is 2.31. The molecule has 0 spiro atoms. The maximum absolute atomic E-state index is 13.0. The Hall–Kier alpha value is -4.77. The highest BCUT2D eigenvalue weighted by atomic mass is 16.6. The van der Waals surface area contributed by atoms with Crippen LogP contribution < -0.4 is 10.6 Å². The molecule has 4 rings (SSSR count). The Morgan fingerprint density at radius 3 is 2.35 bits per heavy atom. The minimum absolute atomic E-state index is 0.0381. The number of amides is 1. The van der Waals surface area contributed by atoms with E-state index < -0.39 is 29.7 Å². The molecule has 8 heteroatoms. The lowest BCUT2D eigenvalue weighted by molar-refractivity contribution is 0.0501. The molecule has 0 fully saturated rings. The summed E-state index contributed by atoms with van der Waals surface area (Å²) in [6.07, 6.45) is 1.57. The van der Waals surface area contributed by atoms with Crippen molar-refractivity contribution in [1.82, 2.24) is 10.3 Å². The Labute approximate surface area is 253 Å². The molecule has 0 bridgehead atoms. The predicted molar refractivity (Wildman–Crippen MR) is 170 cm³/mol. The van der Waals surface area contributed by atoms with Crippen molar-refractivity contribution in [3.05, 3.63) is 89.6 Å². The molecule has 0 radical (unpaired) electrons. The fourth-order valence-corrected chi connectivity index (χ4v) is 4.93. The lowest BCUT2D eigenvalue weighted by atomic mass is 9.85. The minimum Gasteiger partial charge on any atom is -0.465 e. The van der Waals surface area contributed by atoms with Gasteiger partial charge in [-0.3, -0.25) is 0 Å². The molecular weight excluding hydrogens is 540 g/mol. The van der Waals surface area contributed by atoms with E-state index in [4.69, 9.17) is 9.47 Å². The number of anilines is 1. The third kappa shape index (κ3) is 7.75. The second kappa shape index (κ2) is 12.6. The summed E-state index contributed by atoms with van der Waals surface area (Å²) in [6.45, 7) is 11.8. The summed E-state index contributed by atoms with van der Waals surface area (Å²) in [5.74, 6) is -0.540. The quantitative estimate of drug-likeness (QED) is 0.188. The second-order valence-electron chi connectivity index (χ2n) is 12.7. The molecule has 1 amide bonds. The van der Waals surface area contributed by atoms with Crippen LogP contribution in [-0.2, 0) is 21.3 Å². The topological polar surface area (TPSA) is 116 Å². The van der Waals surface area contributed by atoms with Gasteiger partial charge in [-0.15, -0.1) is 0 Å². The van der Waals surface area contributed by atoms with E-state index in [2.05, 4.69) is 54.6 Å². The average Bonchev–Trinajstić information content (AvgIpc) is 3.36. The van der Waals surface area contributed by atoms with E-state index in [0.29, 0.717) is 12.1 Å². The number of carbonyl (C=O) groups excluding carboxylic acids is 2. The van der Waals surface area contributed by atoms with E-state index in [1.54, 1.807) is 32.9 Å². The Morgan fingerprint density at radius 1 is 0.953 bits per heavy atom. The monoisotopic (exact) mass is 580 g/mol. The zero-order valence-electron chi connectivity index (χ0n) is 25.9. The predicted octanol–water partition coefficient (Wildman–Crippen LogP) is 7.36. The summed E-state index contributed by atoms with van der Waals surface area (Å²) in [7, 11) is 1.32. The molecule has 0 saturated carbocycles. The van der Waals surface area contributed by atoms with Crippen LogP contribution >= 0.6 is 0 Å². The molecule has 8 nitrogen and oxygen atoms in total. The number of fused-ring (bicyclic) bond motifs is 1. The summed E-state index contributed by atoms with van der Waals surface area (Å²) in [4.78, 5) is 29.1. The van der Waals surface area contributed by atoms with Gasteiger partial charge in [-0.25, -0.2) is 9.59 Å². The molecule has 0 aliphatic heterocycles. The van der Waals surface area contributed by atoms with Gasteiger partial charge < -0.3 is 25.1 Å². The van der Waals surface area contributed by atoms with Crippen LogP contribution in [0.3, 0.4) is 0 Å².